The van der Waals surface area contributed by atoms with Crippen LogP contribution in [0.25, 0.3) is 21.2 Å². The number of rotatable bonds is 6. The zero-order chi connectivity index (χ0) is 25.4. The van der Waals surface area contributed by atoms with Crippen molar-refractivity contribution in [1.29, 1.82) is 0 Å². The van der Waals surface area contributed by atoms with Crippen LogP contribution in [-0.2, 0) is 22.1 Å². The summed E-state index contributed by atoms with van der Waals surface area (Å²) >= 11 is 1.09. The molecule has 1 atom stereocenters. The van der Waals surface area contributed by atoms with E-state index in [2.05, 4.69) is 5.32 Å². The second-order valence-electron chi connectivity index (χ2n) is 8.50. The average Bonchev–Trinajstić information content (AvgIpc) is 3.40. The van der Waals surface area contributed by atoms with Gasteiger partial charge >= 0.3 is 18.2 Å². The maximum absolute atomic E-state index is 13.5. The Morgan fingerprint density at radius 1 is 0.972 bits per heavy atom. The summed E-state index contributed by atoms with van der Waals surface area (Å²) in [4.78, 5) is 24.5. The average molecular weight is 512 g/mol. The normalized spacial score (nSPS) is 13.8. The second kappa shape index (κ2) is 9.31. The number of halogens is 3. The number of hydrogen-bond donors (Lipinski definition) is 2. The molecule has 1 amide bonds. The molecule has 0 aliphatic heterocycles. The van der Waals surface area contributed by atoms with Crippen LogP contribution in [0.3, 0.4) is 0 Å². The van der Waals surface area contributed by atoms with Crippen molar-refractivity contribution in [1.82, 2.24) is 5.32 Å². The van der Waals surface area contributed by atoms with E-state index >= 15 is 0 Å². The fourth-order valence-electron chi connectivity index (χ4n) is 4.74. The topological polar surface area (TPSA) is 75.6 Å². The van der Waals surface area contributed by atoms with Crippen molar-refractivity contribution in [2.45, 2.75) is 24.6 Å². The van der Waals surface area contributed by atoms with Crippen LogP contribution < -0.4 is 5.32 Å². The van der Waals surface area contributed by atoms with Crippen LogP contribution in [0.15, 0.2) is 72.1 Å². The van der Waals surface area contributed by atoms with Gasteiger partial charge in [0, 0.05) is 22.4 Å². The lowest BCUT2D eigenvalue weighted by atomic mass is 9.98. The van der Waals surface area contributed by atoms with Crippen LogP contribution in [0.1, 0.15) is 28.2 Å². The van der Waals surface area contributed by atoms with Gasteiger partial charge in [-0.3, -0.25) is 0 Å². The van der Waals surface area contributed by atoms with Crippen LogP contribution in [-0.4, -0.2) is 29.8 Å². The number of carbonyl (C=O) groups is 2. The molecule has 4 aromatic rings. The number of carboxylic acids is 1. The maximum Gasteiger partial charge on any atom is 0.417 e. The Hall–Kier alpha value is -3.85. The van der Waals surface area contributed by atoms with E-state index in [0.29, 0.717) is 4.70 Å². The van der Waals surface area contributed by atoms with E-state index < -0.39 is 29.8 Å². The van der Waals surface area contributed by atoms with E-state index in [9.17, 15) is 27.9 Å². The molecule has 2 N–H and O–H groups in total. The van der Waals surface area contributed by atoms with Crippen LogP contribution in [0.4, 0.5) is 18.0 Å². The van der Waals surface area contributed by atoms with Crippen molar-refractivity contribution < 1.29 is 32.6 Å². The number of benzene rings is 3. The van der Waals surface area contributed by atoms with Gasteiger partial charge in [-0.05, 0) is 45.3 Å². The lowest BCUT2D eigenvalue weighted by Crippen LogP contribution is -2.42. The van der Waals surface area contributed by atoms with Gasteiger partial charge in [-0.2, -0.15) is 13.2 Å². The smallest absolute Gasteiger partial charge is 0.417 e. The predicted octanol–water partition coefficient (Wildman–Crippen LogP) is 6.45. The number of alkyl carbamates (subject to hydrolysis) is 1. The Bertz CT molecular complexity index is 1420. The number of carboxylic acid groups (broad SMARTS) is 1. The molecule has 0 saturated carbocycles. The Kier molecular flexibility index (Phi) is 6.17. The molecule has 1 aliphatic carbocycles. The van der Waals surface area contributed by atoms with Crippen LogP contribution >= 0.6 is 11.3 Å². The highest BCUT2D eigenvalue weighted by Crippen LogP contribution is 2.44. The minimum absolute atomic E-state index is 0.00813. The Balaban J connectivity index is 1.32. The number of hydrogen-bond acceptors (Lipinski definition) is 4. The summed E-state index contributed by atoms with van der Waals surface area (Å²) < 4.78 is 46.4. The van der Waals surface area contributed by atoms with Gasteiger partial charge in [0.25, 0.3) is 0 Å². The summed E-state index contributed by atoms with van der Waals surface area (Å²) in [5.41, 5.74) is 3.48. The zero-order valence-corrected chi connectivity index (χ0v) is 19.5. The van der Waals surface area contributed by atoms with E-state index in [4.69, 9.17) is 4.74 Å². The SMILES string of the molecule is O=C(N[C@@H](Cc1csc2cccc(C(F)(F)F)c12)C(=O)O)OCC1c2ccccc2-c2ccccc21. The van der Waals surface area contributed by atoms with E-state index in [1.54, 1.807) is 6.07 Å². The number of alkyl halides is 3. The molecule has 0 saturated heterocycles. The second-order valence-corrected chi connectivity index (χ2v) is 9.41. The van der Waals surface area contributed by atoms with Crippen molar-refractivity contribution in [2.75, 3.05) is 6.61 Å². The molecule has 0 bridgehead atoms. The minimum Gasteiger partial charge on any atom is -0.480 e. The molecule has 1 aliphatic rings. The molecule has 184 valence electrons. The summed E-state index contributed by atoms with van der Waals surface area (Å²) in [7, 11) is 0. The molecule has 9 heteroatoms. The molecule has 36 heavy (non-hydrogen) atoms. The zero-order valence-electron chi connectivity index (χ0n) is 18.7. The van der Waals surface area contributed by atoms with Crippen LogP contribution in [0, 0.1) is 0 Å². The number of thiophene rings is 1. The molecule has 1 aromatic heterocycles. The lowest BCUT2D eigenvalue weighted by Gasteiger charge is -2.18. The van der Waals surface area contributed by atoms with Crippen molar-refractivity contribution in [3.8, 4) is 11.1 Å². The first kappa shape index (κ1) is 23.9. The Morgan fingerprint density at radius 2 is 1.61 bits per heavy atom. The molecule has 1 heterocycles. The van der Waals surface area contributed by atoms with E-state index in [1.165, 1.54) is 11.4 Å². The highest BCUT2D eigenvalue weighted by molar-refractivity contribution is 7.17. The number of ether oxygens (including phenoxy) is 1. The summed E-state index contributed by atoms with van der Waals surface area (Å²) in [6, 6.07) is 17.9. The van der Waals surface area contributed by atoms with Gasteiger partial charge in [0.15, 0.2) is 0 Å². The summed E-state index contributed by atoms with van der Waals surface area (Å²) in [6.07, 6.45) is -5.85. The monoisotopic (exact) mass is 511 g/mol. The Labute approximate surface area is 208 Å². The Morgan fingerprint density at radius 3 is 2.22 bits per heavy atom. The molecule has 5 rings (SSSR count). The first-order valence-electron chi connectivity index (χ1n) is 11.1. The van der Waals surface area contributed by atoms with Gasteiger partial charge in [0.05, 0.1) is 5.56 Å². The highest BCUT2D eigenvalue weighted by atomic mass is 32.1. The summed E-state index contributed by atoms with van der Waals surface area (Å²) in [6.45, 7) is -0.00813. The molecule has 0 fully saturated rings. The first-order chi connectivity index (χ1) is 17.2. The molecule has 0 spiro atoms. The third-order valence-corrected chi connectivity index (χ3v) is 7.34. The number of aliphatic carboxylic acids is 1. The molecule has 3 aromatic carbocycles. The molecular formula is C27H20F3NO4S. The van der Waals surface area contributed by atoms with Crippen LogP contribution in [0.5, 0.6) is 0 Å². The van der Waals surface area contributed by atoms with Gasteiger partial charge < -0.3 is 15.2 Å². The lowest BCUT2D eigenvalue weighted by molar-refractivity contribution is -0.139. The van der Waals surface area contributed by atoms with Crippen LogP contribution in [0.2, 0.25) is 0 Å². The predicted molar refractivity (Wildman–Crippen MR) is 130 cm³/mol. The molecule has 0 radical (unpaired) electrons. The van der Waals surface area contributed by atoms with Gasteiger partial charge in [-0.25, -0.2) is 9.59 Å². The van der Waals surface area contributed by atoms with Crippen molar-refractivity contribution >= 4 is 33.5 Å². The number of nitrogens with one attached hydrogen (secondary N) is 1. The van der Waals surface area contributed by atoms with E-state index in [-0.39, 0.29) is 29.9 Å². The van der Waals surface area contributed by atoms with Crippen molar-refractivity contribution in [2.24, 2.45) is 0 Å². The third kappa shape index (κ3) is 4.42. The summed E-state index contributed by atoms with van der Waals surface area (Å²) in [5.74, 6) is -1.58. The highest BCUT2D eigenvalue weighted by Gasteiger charge is 2.35. The quantitative estimate of drug-likeness (QED) is 0.312. The van der Waals surface area contributed by atoms with Gasteiger partial charge in [-0.1, -0.05) is 54.6 Å². The van der Waals surface area contributed by atoms with Gasteiger partial charge in [0.2, 0.25) is 0 Å². The van der Waals surface area contributed by atoms with E-state index in [0.717, 1.165) is 39.7 Å². The maximum atomic E-state index is 13.5. The third-order valence-electron chi connectivity index (χ3n) is 6.34. The molecular weight excluding hydrogens is 491 g/mol. The van der Waals surface area contributed by atoms with E-state index in [1.807, 2.05) is 48.5 Å². The number of amides is 1. The van der Waals surface area contributed by atoms with Gasteiger partial charge in [-0.15, -0.1) is 11.3 Å². The number of carbonyl (C=O) groups excluding carboxylic acids is 1. The standard InChI is InChI=1S/C27H20F3NO4S/c28-27(29,30)21-10-5-11-23-24(21)15(14-36-23)12-22(25(32)33)31-26(34)35-13-20-18-8-3-1-6-16(18)17-7-2-4-9-19(17)20/h1-11,14,20,22H,12-13H2,(H,31,34)(H,32,33)/t22-/m0/s1. The first-order valence-corrected chi connectivity index (χ1v) is 12.0. The number of fused-ring (bicyclic) bond motifs is 4. The molecule has 0 unspecified atom stereocenters. The van der Waals surface area contributed by atoms with Crippen molar-refractivity contribution in [3.63, 3.8) is 0 Å². The largest absolute Gasteiger partial charge is 0.480 e. The fourth-order valence-corrected chi connectivity index (χ4v) is 5.74. The van der Waals surface area contributed by atoms with Crippen molar-refractivity contribution in [3.05, 3.63) is 94.4 Å². The molecule has 5 nitrogen and oxygen atoms in total. The van der Waals surface area contributed by atoms with Gasteiger partial charge in [0.1, 0.15) is 12.6 Å². The summed E-state index contributed by atoms with van der Waals surface area (Å²) in [5, 5.41) is 13.4. The fraction of sp³-hybridized carbons (Fsp3) is 0.185. The minimum atomic E-state index is -4.59.